The Morgan fingerprint density at radius 1 is 0.638 bits per heavy atom. The van der Waals surface area contributed by atoms with E-state index in [4.69, 9.17) is 12.7 Å². The largest absolute Gasteiger partial charge is 0.299 e. The maximum Gasteiger partial charge on any atom is 0.231 e. The van der Waals surface area contributed by atoms with Crippen LogP contribution in [0.25, 0.3) is 75.0 Å². The van der Waals surface area contributed by atoms with Crippen molar-refractivity contribution in [1.82, 2.24) is 9.97 Å². The highest BCUT2D eigenvalue weighted by Crippen LogP contribution is 2.59. The van der Waals surface area contributed by atoms with Crippen LogP contribution in [0, 0.1) is 0 Å². The first-order chi connectivity index (χ1) is 23.9. The quantitative estimate of drug-likeness (QED) is 0.192. The van der Waals surface area contributed by atoms with Crippen LogP contribution in [-0.2, 0) is 5.54 Å². The van der Waals surface area contributed by atoms with Crippen molar-refractivity contribution < 1.29 is 2.74 Å². The van der Waals surface area contributed by atoms with Crippen molar-refractivity contribution in [3.63, 3.8) is 0 Å². The minimum Gasteiger partial charge on any atom is -0.299 e. The summed E-state index contributed by atoms with van der Waals surface area (Å²) >= 11 is 1.83. The summed E-state index contributed by atoms with van der Waals surface area (Å²) in [5.74, 6) is 0.585. The van der Waals surface area contributed by atoms with Crippen LogP contribution >= 0.6 is 11.3 Å². The van der Waals surface area contributed by atoms with Crippen LogP contribution < -0.4 is 4.90 Å². The van der Waals surface area contributed by atoms with Gasteiger partial charge < -0.3 is 0 Å². The molecule has 7 aromatic carbocycles. The minimum atomic E-state index is -0.563. The first-order valence-electron chi connectivity index (χ1n) is 16.9. The average molecular weight is 622 g/mol. The fourth-order valence-electron chi connectivity index (χ4n) is 7.77. The maximum atomic E-state index is 8.88. The monoisotopic (exact) mass is 621 g/mol. The van der Waals surface area contributed by atoms with E-state index in [0.717, 1.165) is 16.6 Å². The molecule has 0 bridgehead atoms. The predicted octanol–water partition coefficient (Wildman–Crippen LogP) is 12.0. The molecule has 0 atom stereocenters. The Hall–Kier alpha value is -5.58. The van der Waals surface area contributed by atoms with Gasteiger partial charge in [0.05, 0.1) is 29.9 Å². The average Bonchev–Trinajstić information content (AvgIpc) is 3.51. The Bertz CT molecular complexity index is 2860. The summed E-state index contributed by atoms with van der Waals surface area (Å²) in [5, 5.41) is 8.26. The third-order valence-electron chi connectivity index (χ3n) is 9.84. The van der Waals surface area contributed by atoms with Gasteiger partial charge in [-0.3, -0.25) is 4.90 Å². The maximum absolute atomic E-state index is 8.88. The van der Waals surface area contributed by atoms with E-state index >= 15 is 0 Å². The van der Waals surface area contributed by atoms with Gasteiger partial charge in [-0.15, -0.1) is 11.3 Å². The minimum absolute atomic E-state index is 0.273. The molecule has 0 N–H and O–H groups in total. The van der Waals surface area contributed by atoms with Gasteiger partial charge in [0.15, 0.2) is 0 Å². The second-order valence-electron chi connectivity index (χ2n) is 12.8. The van der Waals surface area contributed by atoms with Crippen molar-refractivity contribution in [3.05, 3.63) is 145 Å². The standard InChI is InChI=1S/C43H29N3S/c1-43(2)33-25-24-26-14-6-7-17-28(26)37(33)38-30-19-9-8-18-29(30)36-32-21-11-13-23-35(32)47-41(36)40(38)46(43)42-44-34-22-12-10-20-31(34)39(45-42)27-15-4-3-5-16-27/h3-25H,1-2H3/i3D,15D. The molecule has 0 saturated heterocycles. The topological polar surface area (TPSA) is 29.0 Å². The molecular weight excluding hydrogens is 591 g/mol. The molecule has 1 aliphatic rings. The molecule has 222 valence electrons. The zero-order valence-electron chi connectivity index (χ0n) is 27.9. The highest BCUT2D eigenvalue weighted by molar-refractivity contribution is 7.26. The third kappa shape index (κ3) is 3.67. The smallest absolute Gasteiger partial charge is 0.231 e. The number of anilines is 2. The first kappa shape index (κ1) is 24.6. The van der Waals surface area contributed by atoms with Crippen LogP contribution in [0.15, 0.2) is 139 Å². The van der Waals surface area contributed by atoms with Gasteiger partial charge in [-0.25, -0.2) is 9.97 Å². The molecule has 0 fully saturated rings. The van der Waals surface area contributed by atoms with Crippen LogP contribution in [0.5, 0.6) is 0 Å². The summed E-state index contributed by atoms with van der Waals surface area (Å²) in [5.41, 5.74) is 6.39. The zero-order chi connectivity index (χ0) is 33.0. The lowest BCUT2D eigenvalue weighted by Gasteiger charge is -2.46. The van der Waals surface area contributed by atoms with Gasteiger partial charge in [0.2, 0.25) is 5.95 Å². The predicted molar refractivity (Wildman–Crippen MR) is 200 cm³/mol. The molecule has 0 aliphatic carbocycles. The van der Waals surface area contributed by atoms with E-state index in [0.29, 0.717) is 23.2 Å². The van der Waals surface area contributed by atoms with Gasteiger partial charge in [0.25, 0.3) is 0 Å². The van der Waals surface area contributed by atoms with E-state index in [1.807, 2.05) is 41.7 Å². The van der Waals surface area contributed by atoms with E-state index in [1.54, 1.807) is 12.1 Å². The number of hydrogen-bond donors (Lipinski definition) is 0. The lowest BCUT2D eigenvalue weighted by Crippen LogP contribution is -2.42. The van der Waals surface area contributed by atoms with Crippen molar-refractivity contribution in [2.75, 3.05) is 4.90 Å². The second-order valence-corrected chi connectivity index (χ2v) is 13.8. The third-order valence-corrected chi connectivity index (χ3v) is 11.0. The molecule has 9 aromatic rings. The van der Waals surface area contributed by atoms with Crippen LogP contribution in [0.3, 0.4) is 0 Å². The summed E-state index contributed by atoms with van der Waals surface area (Å²) < 4.78 is 19.5. The Morgan fingerprint density at radius 2 is 1.36 bits per heavy atom. The zero-order valence-corrected chi connectivity index (χ0v) is 26.7. The lowest BCUT2D eigenvalue weighted by atomic mass is 9.76. The Kier molecular flexibility index (Phi) is 5.09. The Morgan fingerprint density at radius 3 is 2.21 bits per heavy atom. The van der Waals surface area contributed by atoms with Crippen molar-refractivity contribution >= 4 is 75.6 Å². The molecule has 3 nitrogen and oxygen atoms in total. The van der Waals surface area contributed by atoms with Gasteiger partial charge in [-0.05, 0) is 58.7 Å². The van der Waals surface area contributed by atoms with Crippen molar-refractivity contribution in [3.8, 4) is 22.4 Å². The van der Waals surface area contributed by atoms with Gasteiger partial charge in [0, 0.05) is 32.0 Å². The highest BCUT2D eigenvalue weighted by Gasteiger charge is 2.43. The van der Waals surface area contributed by atoms with Gasteiger partial charge in [-0.1, -0.05) is 127 Å². The van der Waals surface area contributed by atoms with Crippen molar-refractivity contribution in [2.24, 2.45) is 0 Å². The van der Waals surface area contributed by atoms with Gasteiger partial charge in [0.1, 0.15) is 0 Å². The Balaban J connectivity index is 1.42. The van der Waals surface area contributed by atoms with E-state index in [9.17, 15) is 0 Å². The molecule has 2 aromatic heterocycles. The molecule has 3 heterocycles. The summed E-state index contributed by atoms with van der Waals surface area (Å²) in [6, 6.07) is 44.6. The summed E-state index contributed by atoms with van der Waals surface area (Å²) in [6.45, 7) is 4.56. The second kappa shape index (κ2) is 9.71. The Labute approximate surface area is 279 Å². The lowest BCUT2D eigenvalue weighted by molar-refractivity contribution is 0.525. The molecule has 0 amide bonds. The number of nitrogens with zero attached hydrogens (tertiary/aromatic N) is 3. The van der Waals surface area contributed by atoms with E-state index in [1.165, 1.54) is 58.4 Å². The number of thiophene rings is 1. The molecule has 0 saturated carbocycles. The van der Waals surface area contributed by atoms with E-state index in [-0.39, 0.29) is 6.04 Å². The van der Waals surface area contributed by atoms with E-state index < -0.39 is 5.54 Å². The van der Waals surface area contributed by atoms with Crippen LogP contribution in [0.2, 0.25) is 0 Å². The number of hydrogen-bond acceptors (Lipinski definition) is 4. The van der Waals surface area contributed by atoms with E-state index in [2.05, 4.69) is 104 Å². The number of para-hydroxylation sites is 1. The normalized spacial score (nSPS) is 14.5. The molecule has 10 rings (SSSR count). The van der Waals surface area contributed by atoms with Crippen LogP contribution in [-0.4, -0.2) is 9.97 Å². The summed E-state index contributed by atoms with van der Waals surface area (Å²) in [7, 11) is 0. The first-order valence-corrected chi connectivity index (χ1v) is 16.7. The molecule has 47 heavy (non-hydrogen) atoms. The molecule has 0 spiro atoms. The molecule has 0 unspecified atom stereocenters. The molecule has 1 aliphatic heterocycles. The van der Waals surface area contributed by atoms with Gasteiger partial charge in [-0.2, -0.15) is 0 Å². The SMILES string of the molecule is [2H]c1ccc(-c2nc(N3c4c(c5ccccc5c5c4sc4ccccc45)-c4c(ccc5ccccc45)C3(C)C)nc3ccccc23)c([2H])c1. The number of aromatic nitrogens is 2. The highest BCUT2D eigenvalue weighted by atomic mass is 32.1. The van der Waals surface area contributed by atoms with Crippen molar-refractivity contribution in [2.45, 2.75) is 19.4 Å². The molecular formula is C43H29N3S. The number of fused-ring (bicyclic) bond motifs is 13. The fraction of sp³-hybridized carbons (Fsp3) is 0.0698. The summed E-state index contributed by atoms with van der Waals surface area (Å²) in [6.07, 6.45) is 0. The van der Waals surface area contributed by atoms with Gasteiger partial charge >= 0.3 is 0 Å². The van der Waals surface area contributed by atoms with Crippen molar-refractivity contribution in [1.29, 1.82) is 0 Å². The number of rotatable bonds is 2. The summed E-state index contributed by atoms with van der Waals surface area (Å²) in [4.78, 5) is 13.1. The fourth-order valence-corrected chi connectivity index (χ4v) is 9.03. The van der Waals surface area contributed by atoms with Crippen LogP contribution in [0.4, 0.5) is 11.6 Å². The molecule has 0 radical (unpaired) electrons. The molecule has 4 heteroatoms. The number of benzene rings is 7. The van der Waals surface area contributed by atoms with Crippen LogP contribution in [0.1, 0.15) is 22.2 Å².